The highest BCUT2D eigenvalue weighted by molar-refractivity contribution is 6.73. The number of carbonyl (C=O) groups excluding carboxylic acids is 1. The Bertz CT molecular complexity index is 627. The van der Waals surface area contributed by atoms with Crippen molar-refractivity contribution in [1.29, 1.82) is 0 Å². The van der Waals surface area contributed by atoms with Crippen LogP contribution in [-0.2, 0) is 14.0 Å². The van der Waals surface area contributed by atoms with Gasteiger partial charge in [-0.25, -0.2) is 4.79 Å². The van der Waals surface area contributed by atoms with Gasteiger partial charge in [-0.05, 0) is 62.2 Å². The number of alkyl halides is 6. The molecule has 3 nitrogen and oxygen atoms in total. The normalized spacial score (nSPS) is 14.4. The van der Waals surface area contributed by atoms with E-state index in [-0.39, 0.29) is 37.2 Å². The molecule has 0 heterocycles. The van der Waals surface area contributed by atoms with Crippen LogP contribution in [0.2, 0.25) is 18.1 Å². The molecule has 0 aliphatic rings. The van der Waals surface area contributed by atoms with Crippen molar-refractivity contribution in [3.05, 3.63) is 24.3 Å². The molecule has 33 heavy (non-hydrogen) atoms. The summed E-state index contributed by atoms with van der Waals surface area (Å²) in [5.41, 5.74) is -4.85. The molecule has 0 radical (unpaired) electrons. The van der Waals surface area contributed by atoms with Gasteiger partial charge in [0.2, 0.25) is 0 Å². The van der Waals surface area contributed by atoms with Crippen molar-refractivity contribution in [1.82, 2.24) is 0 Å². The second kappa shape index (κ2) is 13.0. The molecule has 0 unspecified atom stereocenters. The van der Waals surface area contributed by atoms with Crippen LogP contribution < -0.4 is 0 Å². The van der Waals surface area contributed by atoms with Crippen LogP contribution in [-0.4, -0.2) is 38.8 Å². The summed E-state index contributed by atoms with van der Waals surface area (Å²) in [4.78, 5) is 11.3. The fourth-order valence-electron chi connectivity index (χ4n) is 3.52. The van der Waals surface area contributed by atoms with Gasteiger partial charge >= 0.3 is 18.3 Å². The van der Waals surface area contributed by atoms with Gasteiger partial charge in [0.1, 0.15) is 0 Å². The van der Waals surface area contributed by atoms with Gasteiger partial charge < -0.3 is 9.16 Å². The third kappa shape index (κ3) is 9.46. The van der Waals surface area contributed by atoms with Crippen LogP contribution in [0.4, 0.5) is 26.3 Å². The van der Waals surface area contributed by atoms with Crippen LogP contribution in [0.1, 0.15) is 67.2 Å². The molecular formula is C23H38F6O3Si. The highest BCUT2D eigenvalue weighted by atomic mass is 28.4. The summed E-state index contributed by atoms with van der Waals surface area (Å²) in [5.74, 6) is -0.457. The average Bonchev–Trinajstić information content (AvgIpc) is 2.69. The number of hydrogen-bond acceptors (Lipinski definition) is 3. The fraction of sp³-hybridized carbons (Fsp3) is 0.783. The predicted octanol–water partition coefficient (Wildman–Crippen LogP) is 8.13. The molecule has 0 atom stereocenters. The number of unbranched alkanes of at least 4 members (excludes halogenated alkanes) is 1. The van der Waals surface area contributed by atoms with Gasteiger partial charge in [-0.15, -0.1) is 0 Å². The van der Waals surface area contributed by atoms with Crippen LogP contribution in [0.3, 0.4) is 0 Å². The van der Waals surface area contributed by atoms with Gasteiger partial charge in [-0.3, -0.25) is 0 Å². The number of allylic oxidation sites excluding steroid dienone is 2. The zero-order chi connectivity index (χ0) is 26.0. The lowest BCUT2D eigenvalue weighted by Crippen LogP contribution is -2.62. The van der Waals surface area contributed by atoms with Crippen LogP contribution in [0.15, 0.2) is 24.3 Å². The molecule has 10 heteroatoms. The van der Waals surface area contributed by atoms with Gasteiger partial charge in [0.05, 0.1) is 6.61 Å². The standard InChI is InChI=1S/C23H38F6O3Si/c1-7-31-19(30)15-12-11-13-16-20(5,6)17-14-18-21(22(24,25)26,23(27,28)29)32-33(8-2,9-3)10-4/h12,14-15,18H,7-11,13,16-17H2,1-6H3/b15-12+,18-14-. The SMILES string of the molecule is CCOC(=O)/C=C/CCCC(C)(C)C/C=C\C(O[Si](CC)(CC)CC)(C(F)(F)F)C(F)(F)F. The van der Waals surface area contributed by atoms with E-state index in [0.717, 1.165) is 6.08 Å². The summed E-state index contributed by atoms with van der Waals surface area (Å²) in [7, 11) is -3.25. The molecule has 0 bridgehead atoms. The number of esters is 1. The maximum absolute atomic E-state index is 13.9. The number of hydrogen-bond donors (Lipinski definition) is 0. The third-order valence-corrected chi connectivity index (χ3v) is 10.6. The second-order valence-electron chi connectivity index (χ2n) is 8.89. The lowest BCUT2D eigenvalue weighted by atomic mass is 9.83. The van der Waals surface area contributed by atoms with Gasteiger partial charge in [0.15, 0.2) is 8.32 Å². The van der Waals surface area contributed by atoms with Crippen molar-refractivity contribution in [2.24, 2.45) is 5.41 Å². The Balaban J connectivity index is 5.57. The summed E-state index contributed by atoms with van der Waals surface area (Å²) >= 11 is 0. The van der Waals surface area contributed by atoms with Crippen molar-refractivity contribution in [2.75, 3.05) is 6.61 Å². The Labute approximate surface area is 194 Å². The fourth-order valence-corrected chi connectivity index (χ4v) is 6.44. The quantitative estimate of drug-likeness (QED) is 0.0598. The third-order valence-electron chi connectivity index (χ3n) is 5.94. The monoisotopic (exact) mass is 504 g/mol. The van der Waals surface area contributed by atoms with Crippen molar-refractivity contribution >= 4 is 14.3 Å². The molecule has 0 N–H and O–H groups in total. The summed E-state index contributed by atoms with van der Waals surface area (Å²) in [6.07, 6.45) is -5.47. The highest BCUT2D eigenvalue weighted by Crippen LogP contribution is 2.50. The summed E-state index contributed by atoms with van der Waals surface area (Å²) < 4.78 is 93.4. The first-order chi connectivity index (χ1) is 15.1. The lowest BCUT2D eigenvalue weighted by Gasteiger charge is -2.42. The molecule has 194 valence electrons. The number of carbonyl (C=O) groups is 1. The molecule has 0 spiro atoms. The van der Waals surface area contributed by atoms with E-state index in [9.17, 15) is 31.1 Å². The van der Waals surface area contributed by atoms with E-state index in [0.29, 0.717) is 19.3 Å². The molecule has 0 saturated heterocycles. The van der Waals surface area contributed by atoms with Crippen molar-refractivity contribution in [2.45, 2.75) is 103 Å². The van der Waals surface area contributed by atoms with Gasteiger partial charge in [-0.1, -0.05) is 46.8 Å². The molecule has 0 aromatic rings. The number of ether oxygens (including phenoxy) is 1. The highest BCUT2D eigenvalue weighted by Gasteiger charge is 2.72. The smallest absolute Gasteiger partial charge is 0.429 e. The molecule has 0 aromatic carbocycles. The van der Waals surface area contributed by atoms with Gasteiger partial charge in [-0.2, -0.15) is 26.3 Å². The molecule has 0 amide bonds. The minimum atomic E-state index is -5.64. The van der Waals surface area contributed by atoms with E-state index >= 15 is 0 Å². The van der Waals surface area contributed by atoms with Crippen LogP contribution >= 0.6 is 0 Å². The Morgan fingerprint density at radius 3 is 1.82 bits per heavy atom. The first kappa shape index (κ1) is 31.7. The largest absolute Gasteiger partial charge is 0.463 e. The predicted molar refractivity (Wildman–Crippen MR) is 120 cm³/mol. The zero-order valence-corrected chi connectivity index (χ0v) is 21.5. The van der Waals surface area contributed by atoms with E-state index in [1.54, 1.807) is 47.6 Å². The molecule has 0 fully saturated rings. The Kier molecular flexibility index (Phi) is 12.5. The Morgan fingerprint density at radius 2 is 1.39 bits per heavy atom. The molecule has 0 rings (SSSR count). The van der Waals surface area contributed by atoms with E-state index in [1.165, 1.54) is 6.08 Å². The maximum atomic E-state index is 13.9. The van der Waals surface area contributed by atoms with Crippen LogP contribution in [0.25, 0.3) is 0 Å². The molecule has 0 saturated carbocycles. The second-order valence-corrected chi connectivity index (χ2v) is 13.6. The topological polar surface area (TPSA) is 35.5 Å². The Morgan fingerprint density at radius 1 is 0.879 bits per heavy atom. The van der Waals surface area contributed by atoms with E-state index in [4.69, 9.17) is 9.16 Å². The zero-order valence-electron chi connectivity index (χ0n) is 20.5. The summed E-state index contributed by atoms with van der Waals surface area (Å²) in [6.45, 7) is 10.3. The Hall–Kier alpha value is -1.29. The number of rotatable bonds is 14. The molecular weight excluding hydrogens is 466 g/mol. The van der Waals surface area contributed by atoms with Gasteiger partial charge in [0, 0.05) is 6.08 Å². The lowest BCUT2D eigenvalue weighted by molar-refractivity contribution is -0.341. The average molecular weight is 505 g/mol. The van der Waals surface area contributed by atoms with Crippen molar-refractivity contribution in [3.8, 4) is 0 Å². The molecule has 0 aromatic heterocycles. The van der Waals surface area contributed by atoms with E-state index in [1.807, 2.05) is 0 Å². The van der Waals surface area contributed by atoms with Crippen LogP contribution in [0.5, 0.6) is 0 Å². The molecule has 0 aliphatic heterocycles. The first-order valence-corrected chi connectivity index (χ1v) is 13.9. The van der Waals surface area contributed by atoms with Crippen LogP contribution in [0, 0.1) is 5.41 Å². The minimum Gasteiger partial charge on any atom is -0.463 e. The first-order valence-electron chi connectivity index (χ1n) is 11.4. The van der Waals surface area contributed by atoms with Gasteiger partial charge in [0.25, 0.3) is 5.60 Å². The molecule has 0 aliphatic carbocycles. The van der Waals surface area contributed by atoms with E-state index < -0.39 is 37.7 Å². The summed E-state index contributed by atoms with van der Waals surface area (Å²) in [6, 6.07) is 0.478. The summed E-state index contributed by atoms with van der Waals surface area (Å²) in [5, 5.41) is 0. The number of halogens is 6. The van der Waals surface area contributed by atoms with E-state index in [2.05, 4.69) is 0 Å². The van der Waals surface area contributed by atoms with Crippen molar-refractivity contribution in [3.63, 3.8) is 0 Å². The maximum Gasteiger partial charge on any atom is 0.429 e. The van der Waals surface area contributed by atoms with Crippen molar-refractivity contribution < 1.29 is 40.3 Å². The minimum absolute atomic E-state index is 0.0186.